The molecule has 2 heteroatoms. The van der Waals surface area contributed by atoms with Gasteiger partial charge in [0.15, 0.2) is 0 Å². The minimum Gasteiger partial charge on any atom is -0.313 e. The molecule has 0 saturated heterocycles. The Morgan fingerprint density at radius 2 is 2.11 bits per heavy atom. The maximum absolute atomic E-state index is 4.61. The zero-order valence-electron chi connectivity index (χ0n) is 11.8. The summed E-state index contributed by atoms with van der Waals surface area (Å²) < 4.78 is 0. The third kappa shape index (κ3) is 2.37. The molecule has 1 aliphatic carbocycles. The van der Waals surface area contributed by atoms with E-state index >= 15 is 0 Å². The third-order valence-corrected chi connectivity index (χ3v) is 4.64. The van der Waals surface area contributed by atoms with Crippen LogP contribution in [0.5, 0.6) is 0 Å². The summed E-state index contributed by atoms with van der Waals surface area (Å²) in [6.45, 7) is 2.39. The number of rotatable bonds is 3. The van der Waals surface area contributed by atoms with Gasteiger partial charge in [-0.2, -0.15) is 0 Å². The van der Waals surface area contributed by atoms with Crippen LogP contribution in [0.3, 0.4) is 0 Å². The molecule has 1 aromatic carbocycles. The van der Waals surface area contributed by atoms with Crippen molar-refractivity contribution in [1.29, 1.82) is 0 Å². The fraction of sp³-hybridized carbons (Fsp3) is 0.471. The number of nitrogens with one attached hydrogen (secondary N) is 1. The lowest BCUT2D eigenvalue weighted by molar-refractivity contribution is 0.315. The summed E-state index contributed by atoms with van der Waals surface area (Å²) in [5.41, 5.74) is 2.42. The lowest BCUT2D eigenvalue weighted by Gasteiger charge is -2.27. The molecule has 0 bridgehead atoms. The first-order valence-electron chi connectivity index (χ1n) is 7.31. The van der Waals surface area contributed by atoms with Crippen LogP contribution in [0.15, 0.2) is 36.5 Å². The van der Waals surface area contributed by atoms with Crippen LogP contribution in [-0.4, -0.2) is 12.0 Å². The van der Waals surface area contributed by atoms with Crippen molar-refractivity contribution < 1.29 is 0 Å². The Bertz CT molecular complexity index is 564. The van der Waals surface area contributed by atoms with E-state index in [-0.39, 0.29) is 0 Å². The summed E-state index contributed by atoms with van der Waals surface area (Å²) in [7, 11) is 2.07. The van der Waals surface area contributed by atoms with Crippen LogP contribution >= 0.6 is 0 Å². The molecule has 1 heterocycles. The first-order chi connectivity index (χ1) is 9.29. The zero-order valence-corrected chi connectivity index (χ0v) is 11.8. The van der Waals surface area contributed by atoms with E-state index in [9.17, 15) is 0 Å². The van der Waals surface area contributed by atoms with Crippen molar-refractivity contribution in [1.82, 2.24) is 10.3 Å². The Morgan fingerprint density at radius 1 is 1.26 bits per heavy atom. The Kier molecular flexibility index (Phi) is 3.52. The fourth-order valence-electron chi connectivity index (χ4n) is 3.56. The van der Waals surface area contributed by atoms with Gasteiger partial charge in [-0.05, 0) is 43.0 Å². The van der Waals surface area contributed by atoms with E-state index in [1.807, 2.05) is 6.07 Å². The second kappa shape index (κ2) is 5.30. The summed E-state index contributed by atoms with van der Waals surface area (Å²) in [6, 6.07) is 11.1. The van der Waals surface area contributed by atoms with Gasteiger partial charge in [0, 0.05) is 17.6 Å². The number of hydrogen-bond acceptors (Lipinski definition) is 2. The average Bonchev–Trinajstić information content (AvgIpc) is 2.86. The van der Waals surface area contributed by atoms with Crippen molar-refractivity contribution in [2.45, 2.75) is 32.2 Å². The standard InChI is InChI=1S/C17H22N2/c1-12-6-5-8-15(12)17(18-2)14-10-13-7-3-4-9-16(13)19-11-14/h3-4,7,9-12,15,17-18H,5-6,8H2,1-2H3. The van der Waals surface area contributed by atoms with Crippen molar-refractivity contribution in [3.63, 3.8) is 0 Å². The van der Waals surface area contributed by atoms with Crippen LogP contribution in [0.1, 0.15) is 37.8 Å². The van der Waals surface area contributed by atoms with Gasteiger partial charge in [0.05, 0.1) is 5.52 Å². The Balaban J connectivity index is 1.96. The molecule has 1 aliphatic rings. The van der Waals surface area contributed by atoms with Gasteiger partial charge in [0.25, 0.3) is 0 Å². The molecule has 0 amide bonds. The molecule has 100 valence electrons. The molecule has 3 atom stereocenters. The number of para-hydroxylation sites is 1. The molecular weight excluding hydrogens is 232 g/mol. The Labute approximate surface area is 115 Å². The third-order valence-electron chi connectivity index (χ3n) is 4.64. The summed E-state index contributed by atoms with van der Waals surface area (Å²) in [6.07, 6.45) is 6.11. The van der Waals surface area contributed by atoms with E-state index in [4.69, 9.17) is 0 Å². The van der Waals surface area contributed by atoms with Gasteiger partial charge < -0.3 is 5.32 Å². The SMILES string of the molecule is CNC(c1cnc2ccccc2c1)C1CCCC1C. The van der Waals surface area contributed by atoms with Gasteiger partial charge in [-0.15, -0.1) is 0 Å². The fourth-order valence-corrected chi connectivity index (χ4v) is 3.56. The lowest BCUT2D eigenvalue weighted by Crippen LogP contribution is -2.27. The number of aromatic nitrogens is 1. The minimum absolute atomic E-state index is 0.439. The molecule has 2 aromatic rings. The second-order valence-electron chi connectivity index (χ2n) is 5.80. The lowest BCUT2D eigenvalue weighted by atomic mass is 9.86. The van der Waals surface area contributed by atoms with Crippen LogP contribution in [-0.2, 0) is 0 Å². The van der Waals surface area contributed by atoms with Gasteiger partial charge in [-0.25, -0.2) is 0 Å². The van der Waals surface area contributed by atoms with Crippen LogP contribution in [0.2, 0.25) is 0 Å². The number of nitrogens with zero attached hydrogens (tertiary/aromatic N) is 1. The van der Waals surface area contributed by atoms with Crippen molar-refractivity contribution in [3.8, 4) is 0 Å². The van der Waals surface area contributed by atoms with Gasteiger partial charge in [0.2, 0.25) is 0 Å². The topological polar surface area (TPSA) is 24.9 Å². The van der Waals surface area contributed by atoms with E-state index in [1.54, 1.807) is 0 Å². The number of hydrogen-bond donors (Lipinski definition) is 1. The Morgan fingerprint density at radius 3 is 2.84 bits per heavy atom. The molecule has 19 heavy (non-hydrogen) atoms. The quantitative estimate of drug-likeness (QED) is 0.897. The van der Waals surface area contributed by atoms with Crippen molar-refractivity contribution in [2.75, 3.05) is 7.05 Å². The van der Waals surface area contributed by atoms with Crippen LogP contribution in [0.4, 0.5) is 0 Å². The summed E-state index contributed by atoms with van der Waals surface area (Å²) >= 11 is 0. The number of pyridine rings is 1. The molecule has 0 spiro atoms. The van der Waals surface area contributed by atoms with Gasteiger partial charge in [-0.1, -0.05) is 38.0 Å². The molecule has 3 unspecified atom stereocenters. The highest BCUT2D eigenvalue weighted by Crippen LogP contribution is 2.40. The van der Waals surface area contributed by atoms with Crippen molar-refractivity contribution in [3.05, 3.63) is 42.1 Å². The van der Waals surface area contributed by atoms with Crippen LogP contribution in [0.25, 0.3) is 10.9 Å². The van der Waals surface area contributed by atoms with E-state index in [0.717, 1.165) is 17.4 Å². The second-order valence-corrected chi connectivity index (χ2v) is 5.80. The molecular formula is C17H22N2. The molecule has 0 aliphatic heterocycles. The maximum Gasteiger partial charge on any atom is 0.0702 e. The molecule has 1 N–H and O–H groups in total. The molecule has 1 aromatic heterocycles. The van der Waals surface area contributed by atoms with Crippen LogP contribution < -0.4 is 5.32 Å². The summed E-state index contributed by atoms with van der Waals surface area (Å²) in [5.74, 6) is 1.55. The molecule has 0 radical (unpaired) electrons. The normalized spacial score (nSPS) is 24.7. The highest BCUT2D eigenvalue weighted by atomic mass is 14.9. The smallest absolute Gasteiger partial charge is 0.0702 e. The summed E-state index contributed by atoms with van der Waals surface area (Å²) in [4.78, 5) is 4.61. The average molecular weight is 254 g/mol. The monoisotopic (exact) mass is 254 g/mol. The largest absolute Gasteiger partial charge is 0.313 e. The van der Waals surface area contributed by atoms with E-state index in [2.05, 4.69) is 54.7 Å². The zero-order chi connectivity index (χ0) is 13.2. The maximum atomic E-state index is 4.61. The highest BCUT2D eigenvalue weighted by molar-refractivity contribution is 5.78. The minimum atomic E-state index is 0.439. The van der Waals surface area contributed by atoms with E-state index in [1.165, 1.54) is 30.2 Å². The van der Waals surface area contributed by atoms with E-state index in [0.29, 0.717) is 6.04 Å². The molecule has 1 saturated carbocycles. The van der Waals surface area contributed by atoms with E-state index < -0.39 is 0 Å². The molecule has 1 fully saturated rings. The van der Waals surface area contributed by atoms with Crippen molar-refractivity contribution in [2.24, 2.45) is 11.8 Å². The molecule has 2 nitrogen and oxygen atoms in total. The van der Waals surface area contributed by atoms with Crippen molar-refractivity contribution >= 4 is 10.9 Å². The van der Waals surface area contributed by atoms with Gasteiger partial charge in [0.1, 0.15) is 0 Å². The first kappa shape index (κ1) is 12.6. The Hall–Kier alpha value is -1.41. The van der Waals surface area contributed by atoms with Crippen LogP contribution in [0, 0.1) is 11.8 Å². The first-order valence-corrected chi connectivity index (χ1v) is 7.31. The predicted octanol–water partition coefficient (Wildman–Crippen LogP) is 3.93. The molecule has 3 rings (SSSR count). The highest BCUT2D eigenvalue weighted by Gasteiger charge is 2.31. The van der Waals surface area contributed by atoms with Gasteiger partial charge in [-0.3, -0.25) is 4.98 Å². The predicted molar refractivity (Wildman–Crippen MR) is 80.0 cm³/mol. The summed E-state index contributed by atoms with van der Waals surface area (Å²) in [5, 5.41) is 4.76. The van der Waals surface area contributed by atoms with Gasteiger partial charge >= 0.3 is 0 Å². The number of fused-ring (bicyclic) bond motifs is 1. The number of benzene rings is 1.